The van der Waals surface area contributed by atoms with Crippen molar-refractivity contribution in [2.75, 3.05) is 12.4 Å². The summed E-state index contributed by atoms with van der Waals surface area (Å²) in [5.74, 6) is -1.08. The van der Waals surface area contributed by atoms with Crippen molar-refractivity contribution in [3.8, 4) is 0 Å². The SMILES string of the molecule is COC(=O)[C@H](Cc1ccc(C)cc1)NC(=O)c1ccc(NC(C)=O)cc1. The predicted octanol–water partition coefficient (Wildman–Crippen LogP) is 2.47. The van der Waals surface area contributed by atoms with E-state index in [1.165, 1.54) is 14.0 Å². The highest BCUT2D eigenvalue weighted by atomic mass is 16.5. The van der Waals surface area contributed by atoms with Crippen molar-refractivity contribution in [2.24, 2.45) is 0 Å². The van der Waals surface area contributed by atoms with E-state index >= 15 is 0 Å². The van der Waals surface area contributed by atoms with Crippen molar-refractivity contribution in [3.63, 3.8) is 0 Å². The summed E-state index contributed by atoms with van der Waals surface area (Å²) in [5.41, 5.74) is 3.02. The molecule has 0 saturated heterocycles. The van der Waals surface area contributed by atoms with E-state index in [-0.39, 0.29) is 11.8 Å². The first kappa shape index (κ1) is 19.2. The maximum absolute atomic E-state index is 12.4. The Balaban J connectivity index is 2.09. The number of esters is 1. The minimum Gasteiger partial charge on any atom is -0.467 e. The normalized spacial score (nSPS) is 11.3. The first-order chi connectivity index (χ1) is 12.4. The highest BCUT2D eigenvalue weighted by molar-refractivity contribution is 5.97. The lowest BCUT2D eigenvalue weighted by molar-refractivity contribution is -0.142. The van der Waals surface area contributed by atoms with Gasteiger partial charge in [-0.2, -0.15) is 0 Å². The molecule has 0 radical (unpaired) electrons. The molecule has 0 bridgehead atoms. The Morgan fingerprint density at radius 2 is 1.62 bits per heavy atom. The monoisotopic (exact) mass is 354 g/mol. The summed E-state index contributed by atoms with van der Waals surface area (Å²) in [4.78, 5) is 35.5. The van der Waals surface area contributed by atoms with Gasteiger partial charge in [-0.1, -0.05) is 29.8 Å². The number of benzene rings is 2. The van der Waals surface area contributed by atoms with Crippen LogP contribution < -0.4 is 10.6 Å². The Morgan fingerprint density at radius 3 is 2.15 bits per heavy atom. The van der Waals surface area contributed by atoms with Gasteiger partial charge in [0.15, 0.2) is 0 Å². The van der Waals surface area contributed by atoms with Gasteiger partial charge in [0, 0.05) is 24.6 Å². The molecule has 6 heteroatoms. The van der Waals surface area contributed by atoms with Gasteiger partial charge in [-0.3, -0.25) is 9.59 Å². The van der Waals surface area contributed by atoms with Crippen LogP contribution in [0.15, 0.2) is 48.5 Å². The summed E-state index contributed by atoms with van der Waals surface area (Å²) in [6.45, 7) is 3.39. The van der Waals surface area contributed by atoms with Crippen LogP contribution in [-0.4, -0.2) is 30.9 Å². The van der Waals surface area contributed by atoms with Gasteiger partial charge in [-0.05, 0) is 36.8 Å². The third-order valence-corrected chi connectivity index (χ3v) is 3.82. The van der Waals surface area contributed by atoms with Crippen molar-refractivity contribution in [3.05, 3.63) is 65.2 Å². The summed E-state index contributed by atoms with van der Waals surface area (Å²) in [5, 5.41) is 5.34. The minimum atomic E-state index is -0.787. The molecule has 0 aromatic heterocycles. The van der Waals surface area contributed by atoms with Gasteiger partial charge in [0.2, 0.25) is 5.91 Å². The van der Waals surface area contributed by atoms with Gasteiger partial charge in [0.1, 0.15) is 6.04 Å². The largest absolute Gasteiger partial charge is 0.467 e. The predicted molar refractivity (Wildman–Crippen MR) is 98.9 cm³/mol. The van der Waals surface area contributed by atoms with E-state index in [9.17, 15) is 14.4 Å². The van der Waals surface area contributed by atoms with Crippen molar-refractivity contribution in [1.82, 2.24) is 5.32 Å². The number of carbonyl (C=O) groups is 3. The molecule has 0 heterocycles. The molecule has 2 amide bonds. The zero-order chi connectivity index (χ0) is 19.1. The number of hydrogen-bond acceptors (Lipinski definition) is 4. The van der Waals surface area contributed by atoms with Crippen LogP contribution in [0, 0.1) is 6.92 Å². The topological polar surface area (TPSA) is 84.5 Å². The van der Waals surface area contributed by atoms with Crippen LogP contribution in [0.5, 0.6) is 0 Å². The summed E-state index contributed by atoms with van der Waals surface area (Å²) in [6, 6.07) is 13.4. The summed E-state index contributed by atoms with van der Waals surface area (Å²) < 4.78 is 4.81. The molecule has 2 aromatic rings. The second-order valence-corrected chi connectivity index (χ2v) is 6.00. The number of carbonyl (C=O) groups excluding carboxylic acids is 3. The van der Waals surface area contributed by atoms with Crippen LogP contribution in [0.3, 0.4) is 0 Å². The fourth-order valence-corrected chi connectivity index (χ4v) is 2.45. The fraction of sp³-hybridized carbons (Fsp3) is 0.250. The van der Waals surface area contributed by atoms with Gasteiger partial charge in [-0.25, -0.2) is 4.79 Å². The van der Waals surface area contributed by atoms with E-state index in [1.807, 2.05) is 31.2 Å². The van der Waals surface area contributed by atoms with Gasteiger partial charge in [-0.15, -0.1) is 0 Å². The van der Waals surface area contributed by atoms with Gasteiger partial charge in [0.25, 0.3) is 5.91 Å². The van der Waals surface area contributed by atoms with Gasteiger partial charge >= 0.3 is 5.97 Å². The quantitative estimate of drug-likeness (QED) is 0.781. The molecule has 0 fully saturated rings. The van der Waals surface area contributed by atoms with Crippen molar-refractivity contribution in [1.29, 1.82) is 0 Å². The van der Waals surface area contributed by atoms with E-state index < -0.39 is 12.0 Å². The molecule has 0 aliphatic carbocycles. The molecule has 2 rings (SSSR count). The second kappa shape index (κ2) is 8.80. The lowest BCUT2D eigenvalue weighted by Gasteiger charge is -2.17. The second-order valence-electron chi connectivity index (χ2n) is 6.00. The lowest BCUT2D eigenvalue weighted by atomic mass is 10.0. The zero-order valence-electron chi connectivity index (χ0n) is 15.0. The molecule has 26 heavy (non-hydrogen) atoms. The molecule has 136 valence electrons. The summed E-state index contributed by atoms with van der Waals surface area (Å²) >= 11 is 0. The molecule has 0 aliphatic rings. The first-order valence-corrected chi connectivity index (χ1v) is 8.21. The average Bonchev–Trinajstić information content (AvgIpc) is 2.62. The Kier molecular flexibility index (Phi) is 6.49. The van der Waals surface area contributed by atoms with E-state index in [1.54, 1.807) is 24.3 Å². The third kappa shape index (κ3) is 5.44. The maximum Gasteiger partial charge on any atom is 0.328 e. The molecular weight excluding hydrogens is 332 g/mol. The Bertz CT molecular complexity index is 782. The number of hydrogen-bond donors (Lipinski definition) is 2. The molecule has 6 nitrogen and oxygen atoms in total. The Hall–Kier alpha value is -3.15. The molecule has 0 spiro atoms. The number of methoxy groups -OCH3 is 1. The third-order valence-electron chi connectivity index (χ3n) is 3.82. The van der Waals surface area contributed by atoms with Crippen molar-refractivity contribution < 1.29 is 19.1 Å². The van der Waals surface area contributed by atoms with Crippen molar-refractivity contribution >= 4 is 23.5 Å². The molecule has 0 saturated carbocycles. The average molecular weight is 354 g/mol. The van der Waals surface area contributed by atoms with Crippen LogP contribution in [0.2, 0.25) is 0 Å². The van der Waals surface area contributed by atoms with Crippen LogP contribution in [0.25, 0.3) is 0 Å². The van der Waals surface area contributed by atoms with Gasteiger partial charge in [0.05, 0.1) is 7.11 Å². The highest BCUT2D eigenvalue weighted by Crippen LogP contribution is 2.11. The molecular formula is C20H22N2O4. The number of ether oxygens (including phenoxy) is 1. The fourth-order valence-electron chi connectivity index (χ4n) is 2.45. The Labute approximate surface area is 152 Å². The van der Waals surface area contributed by atoms with E-state index in [0.29, 0.717) is 17.7 Å². The lowest BCUT2D eigenvalue weighted by Crippen LogP contribution is -2.43. The summed E-state index contributed by atoms with van der Waals surface area (Å²) in [6.07, 6.45) is 0.336. The van der Waals surface area contributed by atoms with Crippen LogP contribution >= 0.6 is 0 Å². The van der Waals surface area contributed by atoms with E-state index in [4.69, 9.17) is 4.74 Å². The number of nitrogens with one attached hydrogen (secondary N) is 2. The van der Waals surface area contributed by atoms with Crippen LogP contribution in [-0.2, 0) is 20.7 Å². The molecule has 0 unspecified atom stereocenters. The molecule has 0 aliphatic heterocycles. The maximum atomic E-state index is 12.4. The number of rotatable bonds is 6. The Morgan fingerprint density at radius 1 is 1.00 bits per heavy atom. The minimum absolute atomic E-state index is 0.189. The first-order valence-electron chi connectivity index (χ1n) is 8.21. The van der Waals surface area contributed by atoms with Crippen molar-refractivity contribution in [2.45, 2.75) is 26.3 Å². The highest BCUT2D eigenvalue weighted by Gasteiger charge is 2.22. The zero-order valence-corrected chi connectivity index (χ0v) is 15.0. The van der Waals surface area contributed by atoms with E-state index in [0.717, 1.165) is 11.1 Å². The number of amides is 2. The van der Waals surface area contributed by atoms with Crippen LogP contribution in [0.4, 0.5) is 5.69 Å². The molecule has 2 aromatic carbocycles. The summed E-state index contributed by atoms with van der Waals surface area (Å²) in [7, 11) is 1.29. The molecule has 1 atom stereocenters. The standard InChI is InChI=1S/C20H22N2O4/c1-13-4-6-15(7-5-13)12-18(20(25)26-3)22-19(24)16-8-10-17(11-9-16)21-14(2)23/h4-11,18H,12H2,1-3H3,(H,21,23)(H,22,24)/t18-/m0/s1. The van der Waals surface area contributed by atoms with Gasteiger partial charge < -0.3 is 15.4 Å². The molecule has 2 N–H and O–H groups in total. The number of anilines is 1. The number of aryl methyl sites for hydroxylation is 1. The smallest absolute Gasteiger partial charge is 0.328 e. The van der Waals surface area contributed by atoms with E-state index in [2.05, 4.69) is 10.6 Å². The van der Waals surface area contributed by atoms with Crippen LogP contribution in [0.1, 0.15) is 28.4 Å².